The molecule has 0 amide bonds. The predicted molar refractivity (Wildman–Crippen MR) is 57.2 cm³/mol. The van der Waals surface area contributed by atoms with Crippen LogP contribution in [0.5, 0.6) is 0 Å². The third-order valence-electron chi connectivity index (χ3n) is 2.21. The van der Waals surface area contributed by atoms with Gasteiger partial charge in [-0.25, -0.2) is 0 Å². The molecule has 4 heteroatoms. The molecule has 0 aliphatic carbocycles. The Morgan fingerprint density at radius 3 is 3.00 bits per heavy atom. The summed E-state index contributed by atoms with van der Waals surface area (Å²) in [5.74, 6) is 0. The molecule has 80 valence electrons. The lowest BCUT2D eigenvalue weighted by Gasteiger charge is -1.97. The van der Waals surface area contributed by atoms with Crippen molar-refractivity contribution < 1.29 is 0 Å². The van der Waals surface area contributed by atoms with E-state index >= 15 is 0 Å². The molecule has 0 saturated heterocycles. The Kier molecular flexibility index (Phi) is 5.22. The van der Waals surface area contributed by atoms with Crippen molar-refractivity contribution in [3.8, 4) is 0 Å². The van der Waals surface area contributed by atoms with E-state index in [1.807, 2.05) is 17.9 Å². The number of rotatable bonds is 7. The van der Waals surface area contributed by atoms with Gasteiger partial charge in [0.2, 0.25) is 0 Å². The Morgan fingerprint density at radius 1 is 1.43 bits per heavy atom. The van der Waals surface area contributed by atoms with Crippen LogP contribution in [0.15, 0.2) is 6.20 Å². The average molecular weight is 196 g/mol. The molecule has 14 heavy (non-hydrogen) atoms. The highest BCUT2D eigenvalue weighted by Gasteiger charge is 1.99. The van der Waals surface area contributed by atoms with Crippen molar-refractivity contribution in [2.24, 2.45) is 0 Å². The molecular formula is C10H20N4. The van der Waals surface area contributed by atoms with E-state index < -0.39 is 0 Å². The minimum Gasteiger partial charge on any atom is -0.319 e. The van der Waals surface area contributed by atoms with Crippen LogP contribution in [0, 0.1) is 0 Å². The number of aromatic nitrogens is 3. The smallest absolute Gasteiger partial charge is 0.0839 e. The first-order valence-corrected chi connectivity index (χ1v) is 5.40. The summed E-state index contributed by atoms with van der Waals surface area (Å²) in [5, 5.41) is 11.3. The first-order valence-electron chi connectivity index (χ1n) is 5.40. The van der Waals surface area contributed by atoms with Crippen LogP contribution in [0.1, 0.15) is 31.9 Å². The second kappa shape index (κ2) is 6.54. The summed E-state index contributed by atoms with van der Waals surface area (Å²) in [4.78, 5) is 0. The van der Waals surface area contributed by atoms with Gasteiger partial charge >= 0.3 is 0 Å². The fraction of sp³-hybridized carbons (Fsp3) is 0.800. The molecule has 0 fully saturated rings. The zero-order valence-corrected chi connectivity index (χ0v) is 9.16. The summed E-state index contributed by atoms with van der Waals surface area (Å²) in [5.41, 5.74) is 1.08. The lowest BCUT2D eigenvalue weighted by atomic mass is 10.2. The van der Waals surface area contributed by atoms with E-state index in [0.29, 0.717) is 0 Å². The van der Waals surface area contributed by atoms with Gasteiger partial charge < -0.3 is 5.32 Å². The van der Waals surface area contributed by atoms with Gasteiger partial charge in [0.05, 0.1) is 5.69 Å². The molecule has 0 saturated carbocycles. The average Bonchev–Trinajstić information content (AvgIpc) is 2.63. The van der Waals surface area contributed by atoms with Crippen molar-refractivity contribution in [2.45, 2.75) is 39.2 Å². The van der Waals surface area contributed by atoms with E-state index in [9.17, 15) is 0 Å². The molecule has 1 heterocycles. The molecule has 0 radical (unpaired) electrons. The van der Waals surface area contributed by atoms with E-state index in [0.717, 1.165) is 25.2 Å². The summed E-state index contributed by atoms with van der Waals surface area (Å²) in [6, 6.07) is 0. The van der Waals surface area contributed by atoms with Crippen molar-refractivity contribution >= 4 is 0 Å². The SMILES string of the molecule is CCCCCn1cc(CCNC)nn1. The first-order chi connectivity index (χ1) is 6.86. The maximum Gasteiger partial charge on any atom is 0.0839 e. The molecule has 0 bridgehead atoms. The quantitative estimate of drug-likeness (QED) is 0.667. The molecule has 1 aromatic heterocycles. The van der Waals surface area contributed by atoms with E-state index in [4.69, 9.17) is 0 Å². The van der Waals surface area contributed by atoms with Crippen molar-refractivity contribution in [1.82, 2.24) is 20.3 Å². The van der Waals surface area contributed by atoms with Gasteiger partial charge in [-0.3, -0.25) is 4.68 Å². The third-order valence-corrected chi connectivity index (χ3v) is 2.21. The normalized spacial score (nSPS) is 10.7. The Balaban J connectivity index is 2.27. The monoisotopic (exact) mass is 196 g/mol. The van der Waals surface area contributed by atoms with E-state index in [1.165, 1.54) is 19.3 Å². The second-order valence-corrected chi connectivity index (χ2v) is 3.53. The lowest BCUT2D eigenvalue weighted by molar-refractivity contribution is 0.537. The summed E-state index contributed by atoms with van der Waals surface area (Å²) >= 11 is 0. The highest BCUT2D eigenvalue weighted by Crippen LogP contribution is 1.99. The van der Waals surface area contributed by atoms with Crippen LogP contribution in [0.3, 0.4) is 0 Å². The zero-order chi connectivity index (χ0) is 10.2. The van der Waals surface area contributed by atoms with Gasteiger partial charge in [-0.1, -0.05) is 25.0 Å². The predicted octanol–water partition coefficient (Wildman–Crippen LogP) is 1.23. The topological polar surface area (TPSA) is 42.7 Å². The Bertz CT molecular complexity index is 244. The minimum absolute atomic E-state index is 0.963. The molecule has 0 aromatic carbocycles. The van der Waals surface area contributed by atoms with Crippen LogP contribution >= 0.6 is 0 Å². The van der Waals surface area contributed by atoms with Gasteiger partial charge in [-0.15, -0.1) is 5.10 Å². The fourth-order valence-corrected chi connectivity index (χ4v) is 1.34. The fourth-order valence-electron chi connectivity index (χ4n) is 1.34. The van der Waals surface area contributed by atoms with Gasteiger partial charge in [0.15, 0.2) is 0 Å². The summed E-state index contributed by atoms with van der Waals surface area (Å²) < 4.78 is 1.95. The molecule has 0 aliphatic rings. The van der Waals surface area contributed by atoms with E-state index in [-0.39, 0.29) is 0 Å². The van der Waals surface area contributed by atoms with Crippen molar-refractivity contribution in [3.63, 3.8) is 0 Å². The molecule has 1 rings (SSSR count). The summed E-state index contributed by atoms with van der Waals surface area (Å²) in [6.45, 7) is 4.17. The molecule has 4 nitrogen and oxygen atoms in total. The molecule has 1 aromatic rings. The van der Waals surface area contributed by atoms with Gasteiger partial charge in [0, 0.05) is 25.7 Å². The molecule has 0 atom stereocenters. The van der Waals surface area contributed by atoms with Gasteiger partial charge in [0.25, 0.3) is 0 Å². The van der Waals surface area contributed by atoms with E-state index in [1.54, 1.807) is 0 Å². The third kappa shape index (κ3) is 3.87. The van der Waals surface area contributed by atoms with Crippen LogP contribution in [-0.2, 0) is 13.0 Å². The van der Waals surface area contributed by atoms with Crippen molar-refractivity contribution in [3.05, 3.63) is 11.9 Å². The zero-order valence-electron chi connectivity index (χ0n) is 9.16. The molecule has 0 aliphatic heterocycles. The number of nitrogens with zero attached hydrogens (tertiary/aromatic N) is 3. The van der Waals surface area contributed by atoms with E-state index in [2.05, 4.69) is 22.6 Å². The summed E-state index contributed by atoms with van der Waals surface area (Å²) in [6.07, 6.45) is 6.73. The highest BCUT2D eigenvalue weighted by molar-refractivity contribution is 4.92. The Labute approximate surface area is 85.7 Å². The number of unbranched alkanes of at least 4 members (excludes halogenated alkanes) is 2. The number of aryl methyl sites for hydroxylation is 1. The molecular weight excluding hydrogens is 176 g/mol. The molecule has 0 unspecified atom stereocenters. The van der Waals surface area contributed by atoms with Crippen LogP contribution in [0.25, 0.3) is 0 Å². The summed E-state index contributed by atoms with van der Waals surface area (Å²) in [7, 11) is 1.95. The highest BCUT2D eigenvalue weighted by atomic mass is 15.4. The second-order valence-electron chi connectivity index (χ2n) is 3.53. The van der Waals surface area contributed by atoms with Crippen molar-refractivity contribution in [1.29, 1.82) is 0 Å². The van der Waals surface area contributed by atoms with Gasteiger partial charge in [0.1, 0.15) is 0 Å². The van der Waals surface area contributed by atoms with Crippen LogP contribution in [-0.4, -0.2) is 28.6 Å². The minimum atomic E-state index is 0.963. The first kappa shape index (κ1) is 11.2. The van der Waals surface area contributed by atoms with Crippen LogP contribution in [0.4, 0.5) is 0 Å². The lowest BCUT2D eigenvalue weighted by Crippen LogP contribution is -2.10. The number of nitrogens with one attached hydrogen (secondary N) is 1. The maximum absolute atomic E-state index is 4.11. The number of likely N-dealkylation sites (N-methyl/N-ethyl adjacent to an activating group) is 1. The maximum atomic E-state index is 4.11. The van der Waals surface area contributed by atoms with Crippen molar-refractivity contribution in [2.75, 3.05) is 13.6 Å². The largest absolute Gasteiger partial charge is 0.319 e. The standard InChI is InChI=1S/C10H20N4/c1-3-4-5-8-14-9-10(12-13-14)6-7-11-2/h9,11H,3-8H2,1-2H3. The molecule has 0 spiro atoms. The van der Waals surface area contributed by atoms with Crippen LogP contribution < -0.4 is 5.32 Å². The van der Waals surface area contributed by atoms with Gasteiger partial charge in [-0.2, -0.15) is 0 Å². The number of hydrogen-bond acceptors (Lipinski definition) is 3. The molecule has 1 N–H and O–H groups in total. The van der Waals surface area contributed by atoms with Gasteiger partial charge in [-0.05, 0) is 13.5 Å². The van der Waals surface area contributed by atoms with Crippen LogP contribution in [0.2, 0.25) is 0 Å². The Hall–Kier alpha value is -0.900. The number of hydrogen-bond donors (Lipinski definition) is 1. The Morgan fingerprint density at radius 2 is 2.29 bits per heavy atom.